The van der Waals surface area contributed by atoms with E-state index in [1.54, 1.807) is 0 Å². The van der Waals surface area contributed by atoms with Crippen molar-refractivity contribution in [3.05, 3.63) is 0 Å². The summed E-state index contributed by atoms with van der Waals surface area (Å²) in [6.45, 7) is 7.32. The third-order valence-corrected chi connectivity index (χ3v) is 4.49. The van der Waals surface area contributed by atoms with Gasteiger partial charge < -0.3 is 16.0 Å². The molecular formula is C13H23N3OS. The summed E-state index contributed by atoms with van der Waals surface area (Å²) in [6.07, 6.45) is 2.40. The first-order chi connectivity index (χ1) is 8.49. The van der Waals surface area contributed by atoms with Crippen LogP contribution in [0.2, 0.25) is 0 Å². The Bertz CT molecular complexity index is 337. The molecule has 0 radical (unpaired) electrons. The lowest BCUT2D eigenvalue weighted by atomic mass is 9.83. The summed E-state index contributed by atoms with van der Waals surface area (Å²) < 4.78 is 0. The molecule has 18 heavy (non-hydrogen) atoms. The van der Waals surface area contributed by atoms with Crippen LogP contribution >= 0.6 is 12.2 Å². The number of amides is 1. The molecule has 3 aliphatic heterocycles. The maximum absolute atomic E-state index is 12.3. The quantitative estimate of drug-likeness (QED) is 0.740. The number of thiocarbonyl (C=S) groups is 1. The number of hydrogen-bond acceptors (Lipinski definition) is 3. The molecule has 0 aromatic rings. The Morgan fingerprint density at radius 3 is 2.39 bits per heavy atom. The van der Waals surface area contributed by atoms with Crippen molar-refractivity contribution in [3.8, 4) is 0 Å². The van der Waals surface area contributed by atoms with Gasteiger partial charge >= 0.3 is 0 Å². The Labute approximate surface area is 114 Å². The molecule has 4 nitrogen and oxygen atoms in total. The summed E-state index contributed by atoms with van der Waals surface area (Å²) in [7, 11) is 0. The van der Waals surface area contributed by atoms with E-state index in [-0.39, 0.29) is 23.8 Å². The maximum Gasteiger partial charge on any atom is 0.230 e. The highest BCUT2D eigenvalue weighted by molar-refractivity contribution is 7.80. The van der Waals surface area contributed by atoms with Crippen molar-refractivity contribution in [2.45, 2.75) is 32.7 Å². The predicted molar refractivity (Wildman–Crippen MR) is 76.2 cm³/mol. The van der Waals surface area contributed by atoms with Gasteiger partial charge in [-0.2, -0.15) is 0 Å². The van der Waals surface area contributed by atoms with Crippen LogP contribution in [0.25, 0.3) is 0 Å². The van der Waals surface area contributed by atoms with Gasteiger partial charge in [0.05, 0.1) is 10.9 Å². The normalized spacial score (nSPS) is 32.3. The number of carbonyl (C=O) groups excluding carboxylic acids is 1. The number of fused-ring (bicyclic) bond motifs is 3. The molecule has 3 aliphatic rings. The number of nitrogens with two attached hydrogens (primary N) is 1. The lowest BCUT2D eigenvalue weighted by Gasteiger charge is -2.45. The fourth-order valence-corrected chi connectivity index (χ4v) is 3.54. The van der Waals surface area contributed by atoms with Crippen molar-refractivity contribution < 1.29 is 4.79 Å². The van der Waals surface area contributed by atoms with Crippen molar-refractivity contribution >= 4 is 23.1 Å². The van der Waals surface area contributed by atoms with E-state index in [0.29, 0.717) is 10.9 Å². The van der Waals surface area contributed by atoms with Crippen LogP contribution in [0.1, 0.15) is 26.7 Å². The average molecular weight is 269 g/mol. The van der Waals surface area contributed by atoms with Gasteiger partial charge in [0.25, 0.3) is 0 Å². The zero-order valence-corrected chi connectivity index (χ0v) is 12.0. The van der Waals surface area contributed by atoms with E-state index >= 15 is 0 Å². The van der Waals surface area contributed by atoms with Crippen LogP contribution < -0.4 is 11.1 Å². The monoisotopic (exact) mass is 269 g/mol. The molecule has 0 saturated carbocycles. The first kappa shape index (κ1) is 13.7. The second-order valence-corrected chi connectivity index (χ2v) is 6.35. The minimum Gasteiger partial charge on any atom is -0.393 e. The molecule has 3 rings (SSSR count). The molecule has 1 amide bonds. The van der Waals surface area contributed by atoms with Crippen molar-refractivity contribution in [3.63, 3.8) is 0 Å². The molecule has 0 spiro atoms. The van der Waals surface area contributed by atoms with Crippen molar-refractivity contribution in [2.75, 3.05) is 19.6 Å². The van der Waals surface area contributed by atoms with E-state index in [2.05, 4.69) is 10.2 Å². The number of nitrogens with one attached hydrogen (secondary N) is 1. The fourth-order valence-electron chi connectivity index (χ4n) is 3.16. The Morgan fingerprint density at radius 2 is 2.00 bits per heavy atom. The van der Waals surface area contributed by atoms with Crippen molar-refractivity contribution in [1.29, 1.82) is 0 Å². The molecule has 3 fully saturated rings. The average Bonchev–Trinajstić information content (AvgIpc) is 2.29. The zero-order valence-electron chi connectivity index (χ0n) is 11.2. The lowest BCUT2D eigenvalue weighted by molar-refractivity contribution is -0.126. The van der Waals surface area contributed by atoms with E-state index < -0.39 is 0 Å². The minimum absolute atomic E-state index is 0.0104. The third-order valence-electron chi connectivity index (χ3n) is 4.24. The van der Waals surface area contributed by atoms with Gasteiger partial charge in [-0.05, 0) is 37.8 Å². The Morgan fingerprint density at radius 1 is 1.39 bits per heavy atom. The number of carbonyl (C=O) groups is 1. The molecule has 0 aliphatic carbocycles. The summed E-state index contributed by atoms with van der Waals surface area (Å²) in [5.74, 6) is 0.466. The van der Waals surface area contributed by atoms with E-state index in [1.165, 1.54) is 25.9 Å². The van der Waals surface area contributed by atoms with Crippen molar-refractivity contribution in [1.82, 2.24) is 10.2 Å². The summed E-state index contributed by atoms with van der Waals surface area (Å²) in [4.78, 5) is 15.0. The minimum atomic E-state index is -0.338. The Kier molecular flexibility index (Phi) is 4.22. The molecule has 3 heterocycles. The van der Waals surface area contributed by atoms with Gasteiger partial charge in [0.1, 0.15) is 0 Å². The van der Waals surface area contributed by atoms with Gasteiger partial charge in [-0.3, -0.25) is 4.79 Å². The molecule has 2 bridgehead atoms. The molecule has 5 heteroatoms. The fraction of sp³-hybridized carbons (Fsp3) is 0.846. The van der Waals surface area contributed by atoms with E-state index in [1.807, 2.05) is 13.8 Å². The van der Waals surface area contributed by atoms with Gasteiger partial charge in [0, 0.05) is 12.6 Å². The third kappa shape index (κ3) is 2.83. The standard InChI is InChI=1S/C13H23N3OS/c1-8(2)11(12(14)18)13(17)15-10-7-16-5-3-9(10)4-6-16/h8-11H,3-7H2,1-2H3,(H2,14,18)(H,15,17). The summed E-state index contributed by atoms with van der Waals surface area (Å²) >= 11 is 5.01. The first-order valence-corrected chi connectivity index (χ1v) is 7.22. The van der Waals surface area contributed by atoms with Gasteiger partial charge in [-0.1, -0.05) is 26.1 Å². The lowest BCUT2D eigenvalue weighted by Crippen LogP contribution is -2.58. The number of rotatable bonds is 4. The molecule has 102 valence electrons. The smallest absolute Gasteiger partial charge is 0.230 e. The molecule has 2 unspecified atom stereocenters. The van der Waals surface area contributed by atoms with Crippen LogP contribution in [-0.4, -0.2) is 41.5 Å². The van der Waals surface area contributed by atoms with Crippen LogP contribution in [0.15, 0.2) is 0 Å². The van der Waals surface area contributed by atoms with Crippen LogP contribution in [0.3, 0.4) is 0 Å². The summed E-state index contributed by atoms with van der Waals surface area (Å²) in [5, 5.41) is 3.16. The topological polar surface area (TPSA) is 58.4 Å². The predicted octanol–water partition coefficient (Wildman–Crippen LogP) is 0.755. The molecule has 0 aromatic heterocycles. The highest BCUT2D eigenvalue weighted by Gasteiger charge is 2.36. The van der Waals surface area contributed by atoms with Crippen molar-refractivity contribution in [2.24, 2.45) is 23.5 Å². The molecule has 3 N–H and O–H groups in total. The van der Waals surface area contributed by atoms with E-state index in [0.717, 1.165) is 6.54 Å². The zero-order chi connectivity index (χ0) is 13.3. The first-order valence-electron chi connectivity index (χ1n) is 6.81. The summed E-state index contributed by atoms with van der Waals surface area (Å²) in [5.41, 5.74) is 5.68. The SMILES string of the molecule is CC(C)C(C(=O)NC1CN2CCC1CC2)C(N)=S. The van der Waals surface area contributed by atoms with Crippen LogP contribution in [0.5, 0.6) is 0 Å². The van der Waals surface area contributed by atoms with Gasteiger partial charge in [-0.25, -0.2) is 0 Å². The van der Waals surface area contributed by atoms with Gasteiger partial charge in [0.15, 0.2) is 0 Å². The highest BCUT2D eigenvalue weighted by Crippen LogP contribution is 2.27. The molecule has 2 atom stereocenters. The van der Waals surface area contributed by atoms with Crippen LogP contribution in [0, 0.1) is 17.8 Å². The highest BCUT2D eigenvalue weighted by atomic mass is 32.1. The van der Waals surface area contributed by atoms with E-state index in [4.69, 9.17) is 18.0 Å². The number of nitrogens with zero attached hydrogens (tertiary/aromatic N) is 1. The Balaban J connectivity index is 1.96. The van der Waals surface area contributed by atoms with Crippen LogP contribution in [0.4, 0.5) is 0 Å². The Hall–Kier alpha value is -0.680. The summed E-state index contributed by atoms with van der Waals surface area (Å²) in [6, 6.07) is 0.288. The van der Waals surface area contributed by atoms with Gasteiger partial charge in [0.2, 0.25) is 5.91 Å². The second-order valence-electron chi connectivity index (χ2n) is 5.88. The molecular weight excluding hydrogens is 246 g/mol. The maximum atomic E-state index is 12.3. The molecule has 3 saturated heterocycles. The van der Waals surface area contributed by atoms with Crippen LogP contribution in [-0.2, 0) is 4.79 Å². The number of hydrogen-bond donors (Lipinski definition) is 2. The number of piperidine rings is 3. The molecule has 0 aromatic carbocycles. The second kappa shape index (κ2) is 5.53. The van der Waals surface area contributed by atoms with Gasteiger partial charge in [-0.15, -0.1) is 0 Å². The largest absolute Gasteiger partial charge is 0.393 e. The van der Waals surface area contributed by atoms with E-state index in [9.17, 15) is 4.79 Å².